The monoisotopic (exact) mass is 878 g/mol. The Bertz CT molecular complexity index is 1280. The van der Waals surface area contributed by atoms with Crippen molar-refractivity contribution in [2.45, 2.75) is 111 Å². The van der Waals surface area contributed by atoms with Gasteiger partial charge in [-0.15, -0.1) is 0 Å². The number of nitrogens with one attached hydrogen (secondary N) is 3. The highest BCUT2D eigenvalue weighted by atomic mass is 16.7. The van der Waals surface area contributed by atoms with Gasteiger partial charge in [0.15, 0.2) is 18.9 Å². The molecule has 3 amide bonds. The predicted octanol–water partition coefficient (Wildman–Crippen LogP) is -10.7. The minimum atomic E-state index is -1.74. The van der Waals surface area contributed by atoms with Crippen molar-refractivity contribution in [2.24, 2.45) is 0 Å². The molecule has 16 atom stereocenters. The summed E-state index contributed by atoms with van der Waals surface area (Å²) in [4.78, 5) is 52.4. The largest absolute Gasteiger partial charge is 0.481 e. The van der Waals surface area contributed by atoms with E-state index >= 15 is 0 Å². The highest BCUT2D eigenvalue weighted by Gasteiger charge is 2.46. The van der Waals surface area contributed by atoms with Crippen LogP contribution in [0.1, 0.15) is 12.8 Å². The number of carboxylic acid groups (broad SMARTS) is 1. The number of ether oxygens (including phenoxy) is 6. The first kappa shape index (κ1) is 51.5. The fraction of sp³-hybridized carbons (Fsp3) is 0.879. The Morgan fingerprint density at radius 3 is 1.17 bits per heavy atom. The molecule has 0 aromatic heterocycles. The summed E-state index contributed by atoms with van der Waals surface area (Å²) in [6, 6.07) is -1.47. The summed E-state index contributed by atoms with van der Waals surface area (Å²) in [5, 5.41) is 135. The molecule has 27 nitrogen and oxygen atoms in total. The van der Waals surface area contributed by atoms with E-state index in [-0.39, 0.29) is 39.5 Å². The second-order valence-corrected chi connectivity index (χ2v) is 14.0. The van der Waals surface area contributed by atoms with Crippen molar-refractivity contribution in [1.82, 2.24) is 20.9 Å². The number of amides is 3. The molecule has 60 heavy (non-hydrogen) atoms. The van der Waals surface area contributed by atoms with E-state index in [1.165, 1.54) is 0 Å². The zero-order chi connectivity index (χ0) is 44.7. The van der Waals surface area contributed by atoms with Gasteiger partial charge in [0.25, 0.3) is 0 Å². The number of nitrogens with zero attached hydrogens (tertiary/aromatic N) is 1. The van der Waals surface area contributed by atoms with Gasteiger partial charge in [0.2, 0.25) is 17.7 Å². The molecule has 3 heterocycles. The number of carbonyl (C=O) groups is 4. The molecule has 0 aromatic carbocycles. The number of rotatable bonds is 24. The molecule has 348 valence electrons. The molecule has 0 saturated carbocycles. The summed E-state index contributed by atoms with van der Waals surface area (Å²) in [5.41, 5.74) is 0. The average Bonchev–Trinajstić information content (AvgIpc) is 3.22. The lowest BCUT2D eigenvalue weighted by Crippen LogP contribution is -2.59. The first-order valence-electron chi connectivity index (χ1n) is 19.0. The van der Waals surface area contributed by atoms with Gasteiger partial charge in [0.1, 0.15) is 73.2 Å². The Morgan fingerprint density at radius 2 is 0.850 bits per heavy atom. The third-order valence-electron chi connectivity index (χ3n) is 9.71. The maximum absolute atomic E-state index is 13.5. The summed E-state index contributed by atoms with van der Waals surface area (Å²) in [5.74, 6) is -3.84. The summed E-state index contributed by atoms with van der Waals surface area (Å²) in [6.07, 6.45) is -24.6. The van der Waals surface area contributed by atoms with Crippen LogP contribution in [0.15, 0.2) is 0 Å². The Morgan fingerprint density at radius 1 is 0.517 bits per heavy atom. The third-order valence-corrected chi connectivity index (χ3v) is 9.71. The summed E-state index contributed by atoms with van der Waals surface area (Å²) < 4.78 is 31.8. The van der Waals surface area contributed by atoms with Crippen LogP contribution in [0.5, 0.6) is 0 Å². The Balaban J connectivity index is 1.65. The molecule has 3 rings (SSSR count). The lowest BCUT2D eigenvalue weighted by Gasteiger charge is -2.39. The van der Waals surface area contributed by atoms with E-state index in [0.717, 1.165) is 4.90 Å². The first-order chi connectivity index (χ1) is 28.4. The topological polar surface area (TPSA) is 426 Å². The van der Waals surface area contributed by atoms with Gasteiger partial charge in [0, 0.05) is 26.1 Å². The summed E-state index contributed by atoms with van der Waals surface area (Å²) >= 11 is 0. The maximum Gasteiger partial charge on any atom is 0.303 e. The van der Waals surface area contributed by atoms with Crippen LogP contribution in [-0.4, -0.2) is 266 Å². The first-order valence-corrected chi connectivity index (χ1v) is 19.0. The lowest BCUT2D eigenvalue weighted by atomic mass is 9.99. The second-order valence-electron chi connectivity index (χ2n) is 14.0. The Kier molecular flexibility index (Phi) is 21.7. The van der Waals surface area contributed by atoms with Gasteiger partial charge in [-0.3, -0.25) is 24.1 Å². The van der Waals surface area contributed by atoms with E-state index in [4.69, 9.17) is 28.4 Å². The zero-order valence-corrected chi connectivity index (χ0v) is 32.3. The van der Waals surface area contributed by atoms with Crippen molar-refractivity contribution in [1.29, 1.82) is 0 Å². The highest BCUT2D eigenvalue weighted by Crippen LogP contribution is 2.24. The van der Waals surface area contributed by atoms with E-state index in [1.807, 2.05) is 0 Å². The van der Waals surface area contributed by atoms with Gasteiger partial charge in [-0.1, -0.05) is 0 Å². The molecule has 0 bridgehead atoms. The fourth-order valence-corrected chi connectivity index (χ4v) is 6.31. The van der Waals surface area contributed by atoms with Crippen LogP contribution >= 0.6 is 0 Å². The molecule has 0 aromatic rings. The smallest absolute Gasteiger partial charge is 0.303 e. The summed E-state index contributed by atoms with van der Waals surface area (Å²) in [6.45, 7) is -5.49. The van der Waals surface area contributed by atoms with E-state index in [9.17, 15) is 85.6 Å². The van der Waals surface area contributed by atoms with Gasteiger partial charge < -0.3 is 111 Å². The molecule has 0 unspecified atom stereocenters. The molecule has 16 N–H and O–H groups in total. The van der Waals surface area contributed by atoms with Crippen molar-refractivity contribution >= 4 is 23.7 Å². The number of hydrogen-bond acceptors (Lipinski definition) is 23. The zero-order valence-electron chi connectivity index (χ0n) is 32.3. The standard InChI is InChI=1S/C33H58N4O23/c38-11-15-21(45)24(48)27(51)31(58-15)55-6-3-34-18(41)9-37(10-19(42)35-4-7-56-32-28(52)25(49)22(46)16(12-39)59-32)14(1-2-20(43)44)30(54)36-5-8-57-33-29(53)26(50)23(47)17(13-40)60-33/h14-17,21-29,31-33,38-40,45-53H,1-13H2,(H,34,41)(H,35,42)(H,36,54)(H,43,44)/t14-,15+,16+,17+,21+,22+,23+,24-,25-,26-,27-,28-,29-,31-,32-,33-/m0/s1. The van der Waals surface area contributed by atoms with Crippen LogP contribution in [0.25, 0.3) is 0 Å². The fourth-order valence-electron chi connectivity index (χ4n) is 6.31. The lowest BCUT2D eigenvalue weighted by molar-refractivity contribution is -0.300. The normalized spacial score (nSPS) is 35.1. The van der Waals surface area contributed by atoms with Crippen molar-refractivity contribution in [2.75, 3.05) is 72.4 Å². The molecule has 3 fully saturated rings. The predicted molar refractivity (Wildman–Crippen MR) is 190 cm³/mol. The molecule has 3 aliphatic rings. The van der Waals surface area contributed by atoms with E-state index < -0.39 is 168 Å². The quantitative estimate of drug-likeness (QED) is 0.0400. The van der Waals surface area contributed by atoms with Gasteiger partial charge >= 0.3 is 5.97 Å². The maximum atomic E-state index is 13.5. The van der Waals surface area contributed by atoms with Gasteiger partial charge in [-0.25, -0.2) is 0 Å². The van der Waals surface area contributed by atoms with Gasteiger partial charge in [-0.2, -0.15) is 0 Å². The number of aliphatic carboxylic acids is 1. The van der Waals surface area contributed by atoms with Crippen molar-refractivity contribution in [3.05, 3.63) is 0 Å². The van der Waals surface area contributed by atoms with Crippen molar-refractivity contribution < 1.29 is 114 Å². The molecule has 0 radical (unpaired) electrons. The number of carboxylic acids is 1. The van der Waals surface area contributed by atoms with Crippen molar-refractivity contribution in [3.8, 4) is 0 Å². The molecular weight excluding hydrogens is 820 g/mol. The average molecular weight is 879 g/mol. The summed E-state index contributed by atoms with van der Waals surface area (Å²) in [7, 11) is 0. The van der Waals surface area contributed by atoms with Crippen LogP contribution in [0.3, 0.4) is 0 Å². The highest BCUT2D eigenvalue weighted by molar-refractivity contribution is 5.86. The second kappa shape index (κ2) is 25.3. The molecule has 0 aliphatic carbocycles. The number of carbonyl (C=O) groups excluding carboxylic acids is 3. The van der Waals surface area contributed by atoms with Crippen LogP contribution < -0.4 is 16.0 Å². The molecule has 3 saturated heterocycles. The van der Waals surface area contributed by atoms with Gasteiger partial charge in [-0.05, 0) is 6.42 Å². The Labute approximate surface area is 341 Å². The van der Waals surface area contributed by atoms with Crippen LogP contribution in [-0.2, 0) is 47.6 Å². The van der Waals surface area contributed by atoms with E-state index in [0.29, 0.717) is 0 Å². The number of hydrogen-bond donors (Lipinski definition) is 16. The third kappa shape index (κ3) is 14.6. The van der Waals surface area contributed by atoms with E-state index in [2.05, 4.69) is 16.0 Å². The van der Waals surface area contributed by atoms with E-state index in [1.54, 1.807) is 0 Å². The minimum absolute atomic E-state index is 0.273. The van der Waals surface area contributed by atoms with Crippen molar-refractivity contribution in [3.63, 3.8) is 0 Å². The van der Waals surface area contributed by atoms with Crippen LogP contribution in [0, 0.1) is 0 Å². The molecule has 0 spiro atoms. The Hall–Kier alpha value is -2.88. The minimum Gasteiger partial charge on any atom is -0.481 e. The van der Waals surface area contributed by atoms with Gasteiger partial charge in [0.05, 0.1) is 58.8 Å². The molecular formula is C33H58N4O23. The molecule has 27 heteroatoms. The SMILES string of the molecule is O=C(O)CC[C@@H](C(=O)NCCO[C@H]1O[C@H](CO)[C@@H](O)[C@H](O)[C@@H]1O)N(CC(=O)NCCO[C@H]1O[C@H](CO)[C@@H](O)[C@H](O)[C@@H]1O)CC(=O)NCCO[C@H]1O[C@H](CO)[C@@H](O)[C@H](O)[C@@H]1O. The molecule has 3 aliphatic heterocycles. The van der Waals surface area contributed by atoms with Crippen LogP contribution in [0.4, 0.5) is 0 Å². The number of aliphatic hydroxyl groups is 12. The number of aliphatic hydroxyl groups excluding tert-OH is 12. The van der Waals surface area contributed by atoms with Crippen LogP contribution in [0.2, 0.25) is 0 Å².